The van der Waals surface area contributed by atoms with Crippen molar-refractivity contribution in [3.8, 4) is 0 Å². The zero-order valence-electron chi connectivity index (χ0n) is 11.2. The molecule has 0 unspecified atom stereocenters. The van der Waals surface area contributed by atoms with Crippen molar-refractivity contribution in [3.63, 3.8) is 0 Å². The Bertz CT molecular complexity index is 454. The highest BCUT2D eigenvalue weighted by Gasteiger charge is 2.40. The number of nitrogens with zero attached hydrogens (tertiary/aromatic N) is 1. The van der Waals surface area contributed by atoms with Crippen LogP contribution in [-0.2, 0) is 16.0 Å². The van der Waals surface area contributed by atoms with Crippen LogP contribution in [0.15, 0.2) is 18.3 Å². The molecule has 0 radical (unpaired) electrons. The van der Waals surface area contributed by atoms with E-state index in [0.29, 0.717) is 18.5 Å². The fourth-order valence-corrected chi connectivity index (χ4v) is 2.54. The average molecular weight is 245 g/mol. The van der Waals surface area contributed by atoms with Gasteiger partial charge in [-0.15, -0.1) is 0 Å². The van der Waals surface area contributed by atoms with Crippen LogP contribution < -0.4 is 0 Å². The Kier molecular flexibility index (Phi) is 3.33. The molecule has 0 saturated heterocycles. The summed E-state index contributed by atoms with van der Waals surface area (Å²) in [6.07, 6.45) is 3.59. The number of pyridine rings is 1. The molecule has 0 aliphatic heterocycles. The third-order valence-corrected chi connectivity index (χ3v) is 3.50. The standard InChI is InChI=1S/C15H19NO2/c1-4-10-5-6-11(16-9-10)14-12(17)7-15(2,3)8-13(14)18/h5-6,9,14H,4,7-8H2,1-3H3. The number of ketones is 2. The van der Waals surface area contributed by atoms with Gasteiger partial charge in [0, 0.05) is 19.0 Å². The Balaban J connectivity index is 2.27. The summed E-state index contributed by atoms with van der Waals surface area (Å²) in [5.74, 6) is -0.620. The van der Waals surface area contributed by atoms with Crippen molar-refractivity contribution in [1.82, 2.24) is 4.98 Å². The summed E-state index contributed by atoms with van der Waals surface area (Å²) in [6.45, 7) is 5.98. The molecule has 0 atom stereocenters. The Labute approximate surface area is 108 Å². The molecule has 1 aromatic heterocycles. The highest BCUT2D eigenvalue weighted by atomic mass is 16.2. The number of rotatable bonds is 2. The van der Waals surface area contributed by atoms with Gasteiger partial charge in [-0.05, 0) is 23.5 Å². The zero-order valence-corrected chi connectivity index (χ0v) is 11.2. The van der Waals surface area contributed by atoms with Crippen LogP contribution >= 0.6 is 0 Å². The Morgan fingerprint density at radius 3 is 2.28 bits per heavy atom. The van der Waals surface area contributed by atoms with Crippen molar-refractivity contribution in [2.75, 3.05) is 0 Å². The predicted octanol–water partition coefficient (Wildman–Crippen LogP) is 2.69. The molecule has 1 aliphatic carbocycles. The molecule has 18 heavy (non-hydrogen) atoms. The fraction of sp³-hybridized carbons (Fsp3) is 0.533. The minimum atomic E-state index is -0.635. The Morgan fingerprint density at radius 2 is 1.83 bits per heavy atom. The molecule has 1 saturated carbocycles. The molecule has 0 amide bonds. The van der Waals surface area contributed by atoms with Gasteiger partial charge in [-0.25, -0.2) is 0 Å². The van der Waals surface area contributed by atoms with E-state index >= 15 is 0 Å². The van der Waals surface area contributed by atoms with E-state index in [2.05, 4.69) is 11.9 Å². The molecule has 2 rings (SSSR count). The first-order chi connectivity index (χ1) is 8.43. The number of carbonyl (C=O) groups excluding carboxylic acids is 2. The first-order valence-electron chi connectivity index (χ1n) is 6.43. The van der Waals surface area contributed by atoms with Crippen LogP contribution in [0.4, 0.5) is 0 Å². The lowest BCUT2D eigenvalue weighted by atomic mass is 9.70. The summed E-state index contributed by atoms with van der Waals surface area (Å²) < 4.78 is 0. The number of aryl methyl sites for hydroxylation is 1. The molecule has 1 heterocycles. The molecule has 1 fully saturated rings. The summed E-state index contributed by atoms with van der Waals surface area (Å²) in [4.78, 5) is 28.5. The van der Waals surface area contributed by atoms with Gasteiger partial charge in [0.1, 0.15) is 17.5 Å². The molecule has 0 bridgehead atoms. The van der Waals surface area contributed by atoms with Gasteiger partial charge >= 0.3 is 0 Å². The van der Waals surface area contributed by atoms with Gasteiger partial charge in [-0.2, -0.15) is 0 Å². The lowest BCUT2D eigenvalue weighted by Crippen LogP contribution is -2.36. The normalized spacial score (nSPS) is 20.2. The van der Waals surface area contributed by atoms with Crippen molar-refractivity contribution in [1.29, 1.82) is 0 Å². The van der Waals surface area contributed by atoms with E-state index in [9.17, 15) is 9.59 Å². The highest BCUT2D eigenvalue weighted by Crippen LogP contribution is 2.37. The average Bonchev–Trinajstić information content (AvgIpc) is 2.27. The third-order valence-electron chi connectivity index (χ3n) is 3.50. The van der Waals surface area contributed by atoms with Crippen LogP contribution in [0.5, 0.6) is 0 Å². The molecular weight excluding hydrogens is 226 g/mol. The fourth-order valence-electron chi connectivity index (χ4n) is 2.54. The van der Waals surface area contributed by atoms with Gasteiger partial charge in [-0.1, -0.05) is 26.8 Å². The van der Waals surface area contributed by atoms with E-state index in [1.807, 2.05) is 26.0 Å². The number of hydrogen-bond acceptors (Lipinski definition) is 3. The maximum atomic E-state index is 12.1. The van der Waals surface area contributed by atoms with E-state index in [4.69, 9.17) is 0 Å². The van der Waals surface area contributed by atoms with Crippen LogP contribution in [0.1, 0.15) is 50.8 Å². The molecular formula is C15H19NO2. The quantitative estimate of drug-likeness (QED) is 0.753. The topological polar surface area (TPSA) is 47.0 Å². The van der Waals surface area contributed by atoms with Crippen LogP contribution in [-0.4, -0.2) is 16.6 Å². The van der Waals surface area contributed by atoms with E-state index in [1.165, 1.54) is 0 Å². The molecule has 0 spiro atoms. The summed E-state index contributed by atoms with van der Waals surface area (Å²) >= 11 is 0. The van der Waals surface area contributed by atoms with Crippen molar-refractivity contribution >= 4 is 11.6 Å². The Hall–Kier alpha value is -1.51. The summed E-state index contributed by atoms with van der Waals surface area (Å²) in [7, 11) is 0. The van der Waals surface area contributed by atoms with E-state index in [-0.39, 0.29) is 17.0 Å². The molecule has 0 aromatic carbocycles. The van der Waals surface area contributed by atoms with Crippen molar-refractivity contribution in [3.05, 3.63) is 29.6 Å². The lowest BCUT2D eigenvalue weighted by Gasteiger charge is -2.31. The number of carbonyl (C=O) groups is 2. The highest BCUT2D eigenvalue weighted by molar-refractivity contribution is 6.09. The van der Waals surface area contributed by atoms with Crippen LogP contribution in [0, 0.1) is 5.41 Å². The monoisotopic (exact) mass is 245 g/mol. The van der Waals surface area contributed by atoms with Gasteiger partial charge in [-0.3, -0.25) is 14.6 Å². The zero-order chi connectivity index (χ0) is 13.3. The van der Waals surface area contributed by atoms with Crippen LogP contribution in [0.25, 0.3) is 0 Å². The SMILES string of the molecule is CCc1ccc(C2C(=O)CC(C)(C)CC2=O)nc1. The van der Waals surface area contributed by atoms with Crippen molar-refractivity contribution in [2.45, 2.75) is 46.0 Å². The maximum absolute atomic E-state index is 12.1. The van der Waals surface area contributed by atoms with Crippen LogP contribution in [0.3, 0.4) is 0 Å². The minimum Gasteiger partial charge on any atom is -0.298 e. The third kappa shape index (κ3) is 2.50. The molecule has 0 N–H and O–H groups in total. The Morgan fingerprint density at radius 1 is 1.22 bits per heavy atom. The first-order valence-corrected chi connectivity index (χ1v) is 6.43. The maximum Gasteiger partial charge on any atom is 0.149 e. The second-order valence-corrected chi connectivity index (χ2v) is 5.83. The molecule has 3 heteroatoms. The summed E-state index contributed by atoms with van der Waals surface area (Å²) in [6, 6.07) is 3.76. The van der Waals surface area contributed by atoms with Gasteiger partial charge in [0.15, 0.2) is 0 Å². The van der Waals surface area contributed by atoms with Gasteiger partial charge in [0.25, 0.3) is 0 Å². The van der Waals surface area contributed by atoms with Crippen LogP contribution in [0.2, 0.25) is 0 Å². The molecule has 3 nitrogen and oxygen atoms in total. The van der Waals surface area contributed by atoms with E-state index in [0.717, 1.165) is 12.0 Å². The first kappa shape index (κ1) is 12.9. The predicted molar refractivity (Wildman–Crippen MR) is 69.4 cm³/mol. The smallest absolute Gasteiger partial charge is 0.149 e. The van der Waals surface area contributed by atoms with E-state index < -0.39 is 5.92 Å². The summed E-state index contributed by atoms with van der Waals surface area (Å²) in [5.41, 5.74) is 1.53. The lowest BCUT2D eigenvalue weighted by molar-refractivity contribution is -0.135. The molecule has 1 aromatic rings. The van der Waals surface area contributed by atoms with Gasteiger partial charge < -0.3 is 0 Å². The van der Waals surface area contributed by atoms with Crippen molar-refractivity contribution < 1.29 is 9.59 Å². The number of Topliss-reactive ketones (excluding diaryl/α,β-unsaturated/α-hetero) is 2. The molecule has 96 valence electrons. The number of aromatic nitrogens is 1. The minimum absolute atomic E-state index is 0.00741. The van der Waals surface area contributed by atoms with Gasteiger partial charge in [0.05, 0.1) is 5.69 Å². The number of hydrogen-bond donors (Lipinski definition) is 0. The second kappa shape index (κ2) is 4.63. The summed E-state index contributed by atoms with van der Waals surface area (Å²) in [5, 5.41) is 0. The van der Waals surface area contributed by atoms with Crippen molar-refractivity contribution in [2.24, 2.45) is 5.41 Å². The van der Waals surface area contributed by atoms with E-state index in [1.54, 1.807) is 6.20 Å². The second-order valence-electron chi connectivity index (χ2n) is 5.83. The molecule has 1 aliphatic rings. The largest absolute Gasteiger partial charge is 0.298 e. The van der Waals surface area contributed by atoms with Gasteiger partial charge in [0.2, 0.25) is 0 Å².